The quantitative estimate of drug-likeness (QED) is 0.683. The zero-order chi connectivity index (χ0) is 21.6. The first-order chi connectivity index (χ1) is 14.5. The van der Waals surface area contributed by atoms with Gasteiger partial charge in [-0.15, -0.1) is 0 Å². The number of nitrogens with one attached hydrogen (secondary N) is 1. The SMILES string of the molecule is CCc1ccccc1NC(=O)C=Cc1ccc(OC)c(S(=O)(=O)N2CCOCC2)c1. The Morgan fingerprint density at radius 3 is 2.63 bits per heavy atom. The van der Waals surface area contributed by atoms with Crippen molar-refractivity contribution in [2.75, 3.05) is 38.7 Å². The highest BCUT2D eigenvalue weighted by atomic mass is 32.2. The van der Waals surface area contributed by atoms with E-state index in [1.165, 1.54) is 23.6 Å². The molecule has 0 aromatic heterocycles. The van der Waals surface area contributed by atoms with Gasteiger partial charge in [0.1, 0.15) is 10.6 Å². The second-order valence-electron chi connectivity index (χ2n) is 6.76. The molecule has 0 saturated carbocycles. The highest BCUT2D eigenvalue weighted by molar-refractivity contribution is 7.89. The van der Waals surface area contributed by atoms with Gasteiger partial charge in [0.2, 0.25) is 15.9 Å². The summed E-state index contributed by atoms with van der Waals surface area (Å²) in [6.07, 6.45) is 3.78. The van der Waals surface area contributed by atoms with Gasteiger partial charge in [-0.05, 0) is 41.8 Å². The van der Waals surface area contributed by atoms with Crippen molar-refractivity contribution in [2.45, 2.75) is 18.2 Å². The lowest BCUT2D eigenvalue weighted by atomic mass is 10.1. The lowest BCUT2D eigenvalue weighted by Crippen LogP contribution is -2.40. The summed E-state index contributed by atoms with van der Waals surface area (Å²) in [5, 5.41) is 2.86. The molecule has 1 fully saturated rings. The van der Waals surface area contributed by atoms with Gasteiger partial charge in [0.05, 0.1) is 20.3 Å². The fraction of sp³-hybridized carbons (Fsp3) is 0.318. The summed E-state index contributed by atoms with van der Waals surface area (Å²) in [6.45, 7) is 3.34. The van der Waals surface area contributed by atoms with Crippen LogP contribution in [0.25, 0.3) is 6.08 Å². The van der Waals surface area contributed by atoms with Crippen LogP contribution in [0.15, 0.2) is 53.4 Å². The van der Waals surface area contributed by atoms with E-state index in [1.807, 2.05) is 31.2 Å². The molecule has 1 heterocycles. The van der Waals surface area contributed by atoms with E-state index in [1.54, 1.807) is 18.2 Å². The number of para-hydroxylation sites is 1. The number of methoxy groups -OCH3 is 1. The molecule has 160 valence electrons. The molecule has 2 aromatic rings. The Bertz CT molecular complexity index is 1030. The Kier molecular flexibility index (Phi) is 7.25. The van der Waals surface area contributed by atoms with Gasteiger partial charge in [0, 0.05) is 24.9 Å². The molecular weight excluding hydrogens is 404 g/mol. The minimum Gasteiger partial charge on any atom is -0.495 e. The zero-order valence-corrected chi connectivity index (χ0v) is 17.9. The van der Waals surface area contributed by atoms with Gasteiger partial charge in [-0.2, -0.15) is 4.31 Å². The molecule has 0 unspecified atom stereocenters. The summed E-state index contributed by atoms with van der Waals surface area (Å²) in [4.78, 5) is 12.4. The number of nitrogens with zero attached hydrogens (tertiary/aromatic N) is 1. The van der Waals surface area contributed by atoms with Crippen molar-refractivity contribution in [2.24, 2.45) is 0 Å². The summed E-state index contributed by atoms with van der Waals surface area (Å²) in [7, 11) is -2.30. The molecule has 0 aliphatic carbocycles. The Morgan fingerprint density at radius 2 is 1.93 bits per heavy atom. The number of rotatable bonds is 7. The largest absolute Gasteiger partial charge is 0.495 e. The van der Waals surface area contributed by atoms with Crippen LogP contribution in [0.1, 0.15) is 18.1 Å². The molecule has 0 spiro atoms. The third-order valence-electron chi connectivity index (χ3n) is 4.86. The molecule has 1 N–H and O–H groups in total. The van der Waals surface area contributed by atoms with Crippen LogP contribution in [0.2, 0.25) is 0 Å². The average molecular weight is 431 g/mol. The predicted octanol–water partition coefficient (Wildman–Crippen LogP) is 2.93. The van der Waals surface area contributed by atoms with Crippen molar-refractivity contribution >= 4 is 27.7 Å². The molecule has 3 rings (SSSR count). The van der Waals surface area contributed by atoms with Crippen LogP contribution in [0.4, 0.5) is 5.69 Å². The number of morpholine rings is 1. The Labute approximate surface area is 177 Å². The summed E-state index contributed by atoms with van der Waals surface area (Å²) >= 11 is 0. The third kappa shape index (κ3) is 5.08. The number of sulfonamides is 1. The predicted molar refractivity (Wildman–Crippen MR) is 116 cm³/mol. The average Bonchev–Trinajstić information content (AvgIpc) is 2.78. The van der Waals surface area contributed by atoms with Crippen LogP contribution >= 0.6 is 0 Å². The summed E-state index contributed by atoms with van der Waals surface area (Å²) in [5.41, 5.74) is 2.39. The number of hydrogen-bond acceptors (Lipinski definition) is 5. The smallest absolute Gasteiger partial charge is 0.248 e. The topological polar surface area (TPSA) is 84.9 Å². The minimum atomic E-state index is -3.73. The van der Waals surface area contributed by atoms with Crippen molar-refractivity contribution in [1.29, 1.82) is 0 Å². The fourth-order valence-electron chi connectivity index (χ4n) is 3.22. The van der Waals surface area contributed by atoms with Crippen molar-refractivity contribution in [3.63, 3.8) is 0 Å². The van der Waals surface area contributed by atoms with Gasteiger partial charge in [-0.3, -0.25) is 4.79 Å². The molecule has 1 aliphatic heterocycles. The molecule has 1 aliphatic rings. The molecule has 1 amide bonds. The molecular formula is C22H26N2O5S. The van der Waals surface area contributed by atoms with Crippen LogP contribution in [-0.2, 0) is 26.0 Å². The number of aryl methyl sites for hydroxylation is 1. The van der Waals surface area contributed by atoms with Gasteiger partial charge >= 0.3 is 0 Å². The van der Waals surface area contributed by atoms with E-state index in [0.717, 1.165) is 17.7 Å². The molecule has 0 radical (unpaired) electrons. The highest BCUT2D eigenvalue weighted by Crippen LogP contribution is 2.29. The molecule has 2 aromatic carbocycles. The van der Waals surface area contributed by atoms with E-state index in [0.29, 0.717) is 31.9 Å². The van der Waals surface area contributed by atoms with Gasteiger partial charge in [-0.25, -0.2) is 8.42 Å². The van der Waals surface area contributed by atoms with Gasteiger partial charge in [0.25, 0.3) is 0 Å². The molecule has 30 heavy (non-hydrogen) atoms. The van der Waals surface area contributed by atoms with Crippen LogP contribution in [0.3, 0.4) is 0 Å². The number of carbonyl (C=O) groups excluding carboxylic acids is 1. The fourth-order valence-corrected chi connectivity index (χ4v) is 4.82. The van der Waals surface area contributed by atoms with Crippen molar-refractivity contribution in [3.8, 4) is 5.75 Å². The summed E-state index contributed by atoms with van der Waals surface area (Å²) in [6, 6.07) is 12.4. The maximum Gasteiger partial charge on any atom is 0.248 e. The van der Waals surface area contributed by atoms with E-state index < -0.39 is 10.0 Å². The molecule has 1 saturated heterocycles. The third-order valence-corrected chi connectivity index (χ3v) is 6.78. The molecule has 0 atom stereocenters. The van der Waals surface area contributed by atoms with Crippen molar-refractivity contribution < 1.29 is 22.7 Å². The lowest BCUT2D eigenvalue weighted by molar-refractivity contribution is -0.111. The van der Waals surface area contributed by atoms with E-state index in [-0.39, 0.29) is 16.6 Å². The second-order valence-corrected chi connectivity index (χ2v) is 8.67. The normalized spacial score (nSPS) is 15.3. The first-order valence-electron chi connectivity index (χ1n) is 9.78. The number of hydrogen-bond donors (Lipinski definition) is 1. The molecule has 0 bridgehead atoms. The number of carbonyl (C=O) groups is 1. The number of benzene rings is 2. The maximum atomic E-state index is 13.1. The Morgan fingerprint density at radius 1 is 1.20 bits per heavy atom. The standard InChI is InChI=1S/C22H26N2O5S/c1-3-18-6-4-5-7-19(18)23-22(25)11-9-17-8-10-20(28-2)21(16-17)30(26,27)24-12-14-29-15-13-24/h4-11,16H,3,12-15H2,1-2H3,(H,23,25). The maximum absolute atomic E-state index is 13.1. The van der Waals surface area contributed by atoms with Gasteiger partial charge in [0.15, 0.2) is 0 Å². The number of ether oxygens (including phenoxy) is 2. The zero-order valence-electron chi connectivity index (χ0n) is 17.1. The summed E-state index contributed by atoms with van der Waals surface area (Å²) in [5.74, 6) is -0.0238. The van der Waals surface area contributed by atoms with E-state index in [9.17, 15) is 13.2 Å². The number of anilines is 1. The monoisotopic (exact) mass is 430 g/mol. The molecule has 7 nitrogen and oxygen atoms in total. The first kappa shape index (κ1) is 22.0. The van der Waals surface area contributed by atoms with E-state index in [4.69, 9.17) is 9.47 Å². The van der Waals surface area contributed by atoms with Gasteiger partial charge < -0.3 is 14.8 Å². The summed E-state index contributed by atoms with van der Waals surface area (Å²) < 4.78 is 38.0. The molecule has 8 heteroatoms. The van der Waals surface area contributed by atoms with Crippen molar-refractivity contribution in [1.82, 2.24) is 4.31 Å². The first-order valence-corrected chi connectivity index (χ1v) is 11.2. The van der Waals surface area contributed by atoms with Gasteiger partial charge in [-0.1, -0.05) is 31.2 Å². The Hall–Kier alpha value is -2.68. The lowest BCUT2D eigenvalue weighted by Gasteiger charge is -2.26. The minimum absolute atomic E-state index is 0.0748. The highest BCUT2D eigenvalue weighted by Gasteiger charge is 2.29. The van der Waals surface area contributed by atoms with Crippen LogP contribution in [0, 0.1) is 0 Å². The van der Waals surface area contributed by atoms with E-state index in [2.05, 4.69) is 5.32 Å². The Balaban J connectivity index is 1.81. The van der Waals surface area contributed by atoms with Crippen LogP contribution in [0.5, 0.6) is 5.75 Å². The van der Waals surface area contributed by atoms with Crippen molar-refractivity contribution in [3.05, 3.63) is 59.7 Å². The van der Waals surface area contributed by atoms with Crippen LogP contribution in [-0.4, -0.2) is 52.0 Å². The second kappa shape index (κ2) is 9.88. The van der Waals surface area contributed by atoms with Crippen LogP contribution < -0.4 is 10.1 Å². The number of amides is 1. The van der Waals surface area contributed by atoms with E-state index >= 15 is 0 Å².